The van der Waals surface area contributed by atoms with Gasteiger partial charge in [-0.15, -0.1) is 0 Å². The van der Waals surface area contributed by atoms with Crippen molar-refractivity contribution in [2.24, 2.45) is 0 Å². The van der Waals surface area contributed by atoms with Gasteiger partial charge in [-0.25, -0.2) is 4.79 Å². The quantitative estimate of drug-likeness (QED) is 0.785. The molecule has 0 saturated carbocycles. The number of pyridine rings is 1. The third kappa shape index (κ3) is 2.45. The Labute approximate surface area is 148 Å². The van der Waals surface area contributed by atoms with Gasteiger partial charge in [-0.2, -0.15) is 5.26 Å². The van der Waals surface area contributed by atoms with E-state index in [-0.39, 0.29) is 24.6 Å². The molecule has 1 aromatic carbocycles. The minimum Gasteiger partial charge on any atom is -0.482 e. The molecular weight excluding hydrogens is 334 g/mol. The molecule has 1 amide bonds. The van der Waals surface area contributed by atoms with Crippen LogP contribution in [0.3, 0.4) is 0 Å². The van der Waals surface area contributed by atoms with Gasteiger partial charge >= 0.3 is 5.97 Å². The number of nitrogens with zero attached hydrogens (tertiary/aromatic N) is 3. The van der Waals surface area contributed by atoms with Crippen LogP contribution < -0.4 is 9.64 Å². The van der Waals surface area contributed by atoms with Crippen LogP contribution in [0.2, 0.25) is 0 Å². The van der Waals surface area contributed by atoms with Crippen LogP contribution in [-0.4, -0.2) is 28.0 Å². The highest BCUT2D eigenvalue weighted by Crippen LogP contribution is 2.34. The third-order valence-corrected chi connectivity index (χ3v) is 4.35. The standard InChI is InChI=1S/C19H13N3O4/c20-8-14-13(9-21-6-2-1-3-15(14)21)10-22-16-7-12(19(24)25)4-5-17(16)26-11-18(22)23/h1-7,9H,10-11H2,(H,24,25). The number of carbonyl (C=O) groups is 2. The molecule has 4 rings (SSSR count). The van der Waals surface area contributed by atoms with Gasteiger partial charge in [0.15, 0.2) is 6.61 Å². The van der Waals surface area contributed by atoms with Crippen LogP contribution in [0, 0.1) is 11.3 Å². The number of aromatic nitrogens is 1. The van der Waals surface area contributed by atoms with Crippen molar-refractivity contribution >= 4 is 23.1 Å². The molecule has 128 valence electrons. The molecular formula is C19H13N3O4. The van der Waals surface area contributed by atoms with Crippen LogP contribution in [-0.2, 0) is 11.3 Å². The average Bonchev–Trinajstić information content (AvgIpc) is 3.00. The monoisotopic (exact) mass is 347 g/mol. The van der Waals surface area contributed by atoms with Gasteiger partial charge in [0.25, 0.3) is 5.91 Å². The van der Waals surface area contributed by atoms with E-state index in [9.17, 15) is 20.0 Å². The largest absolute Gasteiger partial charge is 0.482 e. The van der Waals surface area contributed by atoms with Crippen LogP contribution in [0.15, 0.2) is 48.8 Å². The summed E-state index contributed by atoms with van der Waals surface area (Å²) in [6.07, 6.45) is 3.63. The van der Waals surface area contributed by atoms with E-state index < -0.39 is 5.97 Å². The molecule has 0 aliphatic carbocycles. The maximum atomic E-state index is 12.4. The number of carboxylic acids is 1. The van der Waals surface area contributed by atoms with Gasteiger partial charge in [0.1, 0.15) is 11.8 Å². The van der Waals surface area contributed by atoms with Crippen LogP contribution in [0.1, 0.15) is 21.5 Å². The van der Waals surface area contributed by atoms with E-state index in [1.807, 2.05) is 28.8 Å². The second kappa shape index (κ2) is 5.93. The predicted octanol–water partition coefficient (Wildman–Crippen LogP) is 2.43. The fraction of sp³-hybridized carbons (Fsp3) is 0.105. The number of amides is 1. The number of ether oxygens (including phenoxy) is 1. The van der Waals surface area contributed by atoms with Gasteiger partial charge in [0.05, 0.1) is 28.9 Å². The van der Waals surface area contributed by atoms with Crippen LogP contribution in [0.4, 0.5) is 5.69 Å². The first-order chi connectivity index (χ1) is 12.6. The Bertz CT molecular complexity index is 1090. The van der Waals surface area contributed by atoms with E-state index in [1.54, 1.807) is 12.3 Å². The number of hydrogen-bond acceptors (Lipinski definition) is 4. The third-order valence-electron chi connectivity index (χ3n) is 4.35. The summed E-state index contributed by atoms with van der Waals surface area (Å²) in [5, 5.41) is 18.8. The lowest BCUT2D eigenvalue weighted by molar-refractivity contribution is -0.121. The van der Waals surface area contributed by atoms with Crippen LogP contribution in [0.5, 0.6) is 5.75 Å². The number of carbonyl (C=O) groups excluding carboxylic acids is 1. The summed E-state index contributed by atoms with van der Waals surface area (Å²) in [4.78, 5) is 25.1. The smallest absolute Gasteiger partial charge is 0.335 e. The Morgan fingerprint density at radius 2 is 2.15 bits per heavy atom. The summed E-state index contributed by atoms with van der Waals surface area (Å²) in [5.41, 5.74) is 2.38. The highest BCUT2D eigenvalue weighted by atomic mass is 16.5. The first-order valence-corrected chi connectivity index (χ1v) is 7.87. The molecule has 0 unspecified atom stereocenters. The number of hydrogen-bond donors (Lipinski definition) is 1. The van der Waals surface area contributed by atoms with E-state index in [0.29, 0.717) is 22.6 Å². The maximum Gasteiger partial charge on any atom is 0.335 e. The van der Waals surface area contributed by atoms with Crippen molar-refractivity contribution in [1.29, 1.82) is 5.26 Å². The molecule has 0 saturated heterocycles. The number of carboxylic acid groups (broad SMARTS) is 1. The molecule has 0 bridgehead atoms. The molecule has 0 atom stereocenters. The second-order valence-corrected chi connectivity index (χ2v) is 5.89. The normalized spacial score (nSPS) is 13.2. The Morgan fingerprint density at radius 1 is 1.31 bits per heavy atom. The zero-order valence-corrected chi connectivity index (χ0v) is 13.5. The molecule has 7 heteroatoms. The molecule has 26 heavy (non-hydrogen) atoms. The molecule has 7 nitrogen and oxygen atoms in total. The van der Waals surface area contributed by atoms with Crippen molar-refractivity contribution < 1.29 is 19.4 Å². The average molecular weight is 347 g/mol. The minimum atomic E-state index is -1.09. The molecule has 1 aliphatic heterocycles. The van der Waals surface area contributed by atoms with E-state index in [0.717, 1.165) is 5.52 Å². The van der Waals surface area contributed by atoms with Crippen molar-refractivity contribution in [1.82, 2.24) is 4.40 Å². The summed E-state index contributed by atoms with van der Waals surface area (Å²) in [7, 11) is 0. The van der Waals surface area contributed by atoms with Crippen molar-refractivity contribution in [3.8, 4) is 11.8 Å². The minimum absolute atomic E-state index is 0.0644. The fourth-order valence-corrected chi connectivity index (χ4v) is 3.11. The fourth-order valence-electron chi connectivity index (χ4n) is 3.11. The van der Waals surface area contributed by atoms with Crippen molar-refractivity contribution in [3.63, 3.8) is 0 Å². The topological polar surface area (TPSA) is 95.0 Å². The summed E-state index contributed by atoms with van der Waals surface area (Å²) in [6.45, 7) is 0.0253. The highest BCUT2D eigenvalue weighted by Gasteiger charge is 2.28. The zero-order valence-electron chi connectivity index (χ0n) is 13.5. The van der Waals surface area contributed by atoms with Gasteiger partial charge in [0.2, 0.25) is 0 Å². The molecule has 1 aliphatic rings. The Balaban J connectivity index is 1.80. The number of anilines is 1. The van der Waals surface area contributed by atoms with E-state index in [1.165, 1.54) is 17.0 Å². The van der Waals surface area contributed by atoms with Crippen molar-refractivity contribution in [2.75, 3.05) is 11.5 Å². The van der Waals surface area contributed by atoms with Gasteiger partial charge in [-0.05, 0) is 30.3 Å². The van der Waals surface area contributed by atoms with Crippen molar-refractivity contribution in [2.45, 2.75) is 6.54 Å². The molecule has 0 fully saturated rings. The van der Waals surface area contributed by atoms with E-state index >= 15 is 0 Å². The predicted molar refractivity (Wildman–Crippen MR) is 92.2 cm³/mol. The molecule has 1 N–H and O–H groups in total. The Morgan fingerprint density at radius 3 is 2.92 bits per heavy atom. The van der Waals surface area contributed by atoms with Gasteiger partial charge < -0.3 is 19.1 Å². The summed E-state index contributed by atoms with van der Waals surface area (Å²) in [5.74, 6) is -0.936. The summed E-state index contributed by atoms with van der Waals surface area (Å²) < 4.78 is 7.23. The first-order valence-electron chi connectivity index (χ1n) is 7.87. The lowest BCUT2D eigenvalue weighted by Crippen LogP contribution is -2.38. The maximum absolute atomic E-state index is 12.4. The van der Waals surface area contributed by atoms with E-state index in [2.05, 4.69) is 6.07 Å². The molecule has 0 spiro atoms. The number of rotatable bonds is 3. The SMILES string of the molecule is N#Cc1c(CN2C(=O)COc3ccc(C(=O)O)cc32)cn2ccccc12. The molecule has 3 heterocycles. The molecule has 0 radical (unpaired) electrons. The van der Waals surface area contributed by atoms with Gasteiger partial charge in [0, 0.05) is 18.0 Å². The van der Waals surface area contributed by atoms with Crippen molar-refractivity contribution in [3.05, 3.63) is 65.5 Å². The Hall–Kier alpha value is -3.79. The lowest BCUT2D eigenvalue weighted by atomic mass is 10.1. The highest BCUT2D eigenvalue weighted by molar-refractivity contribution is 5.99. The number of benzene rings is 1. The van der Waals surface area contributed by atoms with Crippen LogP contribution in [0.25, 0.3) is 5.52 Å². The number of fused-ring (bicyclic) bond motifs is 2. The van der Waals surface area contributed by atoms with Gasteiger partial charge in [-0.3, -0.25) is 4.79 Å². The zero-order chi connectivity index (χ0) is 18.3. The summed E-state index contributed by atoms with van der Waals surface area (Å²) >= 11 is 0. The van der Waals surface area contributed by atoms with Gasteiger partial charge in [-0.1, -0.05) is 6.07 Å². The lowest BCUT2D eigenvalue weighted by Gasteiger charge is -2.29. The van der Waals surface area contributed by atoms with Crippen LogP contribution >= 0.6 is 0 Å². The Kier molecular flexibility index (Phi) is 3.59. The summed E-state index contributed by atoms with van der Waals surface area (Å²) in [6, 6.07) is 12.1. The number of nitriles is 1. The van der Waals surface area contributed by atoms with E-state index in [4.69, 9.17) is 4.74 Å². The number of aromatic carboxylic acids is 1. The first kappa shape index (κ1) is 15.7. The molecule has 3 aromatic rings. The molecule has 2 aromatic heterocycles. The second-order valence-electron chi connectivity index (χ2n) is 5.89.